The van der Waals surface area contributed by atoms with Crippen LogP contribution in [-0.2, 0) is 0 Å². The lowest BCUT2D eigenvalue weighted by Gasteiger charge is -2.09. The molecule has 2 heterocycles. The Morgan fingerprint density at radius 1 is 1.50 bits per heavy atom. The number of rotatable bonds is 4. The number of amides is 1. The third-order valence-electron chi connectivity index (χ3n) is 2.27. The average molecular weight is 247 g/mol. The number of carbonyl (C=O) groups excluding carboxylic acids is 1. The molecular formula is C11H13N5O2. The summed E-state index contributed by atoms with van der Waals surface area (Å²) in [5.41, 5.74) is 11.8. The number of aromatic nitrogens is 2. The Balaban J connectivity index is 2.12. The molecule has 94 valence electrons. The molecule has 0 fully saturated rings. The minimum atomic E-state index is -0.467. The van der Waals surface area contributed by atoms with Crippen LogP contribution < -0.4 is 16.8 Å². The Hall–Kier alpha value is -2.25. The topological polar surface area (TPSA) is 120 Å². The highest BCUT2D eigenvalue weighted by Crippen LogP contribution is 2.11. The van der Waals surface area contributed by atoms with Crippen LogP contribution in [-0.4, -0.2) is 22.4 Å². The second-order valence-electron chi connectivity index (χ2n) is 3.58. The van der Waals surface area contributed by atoms with Gasteiger partial charge in [0.15, 0.2) is 0 Å². The number of hydrogen-bond donors (Lipinski definition) is 3. The van der Waals surface area contributed by atoms with E-state index in [1.165, 1.54) is 12.5 Å². The van der Waals surface area contributed by atoms with Gasteiger partial charge in [0.1, 0.15) is 12.1 Å². The number of nitrogens with two attached hydrogens (primary N) is 2. The van der Waals surface area contributed by atoms with E-state index >= 15 is 0 Å². The summed E-state index contributed by atoms with van der Waals surface area (Å²) in [4.78, 5) is 19.6. The zero-order valence-corrected chi connectivity index (χ0v) is 9.54. The maximum Gasteiger partial charge on any atom is 0.312 e. The van der Waals surface area contributed by atoms with Gasteiger partial charge in [0.25, 0.3) is 5.89 Å². The zero-order chi connectivity index (χ0) is 13.0. The Morgan fingerprint density at radius 2 is 2.33 bits per heavy atom. The average Bonchev–Trinajstić information content (AvgIpc) is 2.92. The maximum absolute atomic E-state index is 11.7. The summed E-state index contributed by atoms with van der Waals surface area (Å²) in [5, 5.41) is 2.56. The van der Waals surface area contributed by atoms with Crippen LogP contribution in [0, 0.1) is 0 Å². The standard InChI is InChI=1S/C11H13N5O2/c12-6-7(13)8-2-1-3-9(15-8)16-10(17)11-14-4-5-18-11/h1-5,7H,6,12-13H2,(H,15,16,17)/t7-/m1/s1. The van der Waals surface area contributed by atoms with Crippen molar-refractivity contribution in [3.05, 3.63) is 42.2 Å². The first-order valence-corrected chi connectivity index (χ1v) is 5.34. The van der Waals surface area contributed by atoms with E-state index in [9.17, 15) is 4.79 Å². The molecule has 0 saturated carbocycles. The second kappa shape index (κ2) is 5.39. The van der Waals surface area contributed by atoms with Gasteiger partial charge in [0.05, 0.1) is 17.9 Å². The SMILES string of the molecule is NC[C@@H](N)c1cccc(NC(=O)c2ncco2)n1. The number of pyridine rings is 1. The normalized spacial score (nSPS) is 12.1. The molecule has 0 aliphatic heterocycles. The van der Waals surface area contributed by atoms with Gasteiger partial charge in [-0.2, -0.15) is 0 Å². The molecule has 0 bridgehead atoms. The Kier molecular flexibility index (Phi) is 3.66. The molecule has 0 aliphatic carbocycles. The van der Waals surface area contributed by atoms with Crippen LogP contribution in [0.4, 0.5) is 5.82 Å². The maximum atomic E-state index is 11.7. The van der Waals surface area contributed by atoms with E-state index in [4.69, 9.17) is 15.9 Å². The summed E-state index contributed by atoms with van der Waals surface area (Å²) >= 11 is 0. The molecule has 2 aromatic heterocycles. The van der Waals surface area contributed by atoms with Crippen molar-refractivity contribution in [2.45, 2.75) is 6.04 Å². The number of oxazole rings is 1. The van der Waals surface area contributed by atoms with Crippen molar-refractivity contribution in [2.75, 3.05) is 11.9 Å². The first kappa shape index (κ1) is 12.2. The molecule has 2 aromatic rings. The molecule has 18 heavy (non-hydrogen) atoms. The van der Waals surface area contributed by atoms with Crippen LogP contribution in [0.5, 0.6) is 0 Å². The van der Waals surface area contributed by atoms with E-state index in [0.29, 0.717) is 11.5 Å². The van der Waals surface area contributed by atoms with Gasteiger partial charge in [0.2, 0.25) is 0 Å². The second-order valence-corrected chi connectivity index (χ2v) is 3.58. The van der Waals surface area contributed by atoms with Gasteiger partial charge in [-0.15, -0.1) is 0 Å². The van der Waals surface area contributed by atoms with Crippen molar-refractivity contribution in [3.63, 3.8) is 0 Å². The van der Waals surface area contributed by atoms with Crippen LogP contribution in [0.25, 0.3) is 0 Å². The van der Waals surface area contributed by atoms with E-state index in [-0.39, 0.29) is 18.5 Å². The molecule has 1 amide bonds. The van der Waals surface area contributed by atoms with E-state index in [1.54, 1.807) is 18.2 Å². The van der Waals surface area contributed by atoms with Gasteiger partial charge in [-0.25, -0.2) is 9.97 Å². The molecule has 0 aromatic carbocycles. The number of anilines is 1. The summed E-state index contributed by atoms with van der Waals surface area (Å²) in [6.45, 7) is 0.282. The lowest BCUT2D eigenvalue weighted by Crippen LogP contribution is -2.22. The van der Waals surface area contributed by atoms with Gasteiger partial charge < -0.3 is 21.2 Å². The van der Waals surface area contributed by atoms with Crippen LogP contribution >= 0.6 is 0 Å². The highest BCUT2D eigenvalue weighted by molar-refractivity contribution is 6.00. The fraction of sp³-hybridized carbons (Fsp3) is 0.182. The quantitative estimate of drug-likeness (QED) is 0.713. The number of nitrogens with zero attached hydrogens (tertiary/aromatic N) is 2. The fourth-order valence-electron chi connectivity index (χ4n) is 1.35. The molecule has 0 unspecified atom stereocenters. The summed E-state index contributed by atoms with van der Waals surface area (Å²) < 4.78 is 4.87. The van der Waals surface area contributed by atoms with Gasteiger partial charge in [0, 0.05) is 6.54 Å². The lowest BCUT2D eigenvalue weighted by molar-refractivity contribution is 0.0990. The van der Waals surface area contributed by atoms with Crippen molar-refractivity contribution in [1.29, 1.82) is 0 Å². The Morgan fingerprint density at radius 3 is 3.00 bits per heavy atom. The fourth-order valence-corrected chi connectivity index (χ4v) is 1.35. The monoisotopic (exact) mass is 247 g/mol. The highest BCUT2D eigenvalue weighted by atomic mass is 16.3. The molecule has 7 nitrogen and oxygen atoms in total. The van der Waals surface area contributed by atoms with Crippen molar-refractivity contribution in [3.8, 4) is 0 Å². The molecule has 7 heteroatoms. The lowest BCUT2D eigenvalue weighted by atomic mass is 10.2. The third-order valence-corrected chi connectivity index (χ3v) is 2.27. The smallest absolute Gasteiger partial charge is 0.312 e. The van der Waals surface area contributed by atoms with Crippen molar-refractivity contribution < 1.29 is 9.21 Å². The number of nitrogens with one attached hydrogen (secondary N) is 1. The van der Waals surface area contributed by atoms with Crippen molar-refractivity contribution in [1.82, 2.24) is 9.97 Å². The molecule has 5 N–H and O–H groups in total. The zero-order valence-electron chi connectivity index (χ0n) is 9.54. The largest absolute Gasteiger partial charge is 0.441 e. The minimum absolute atomic E-state index is 0.0228. The summed E-state index contributed by atoms with van der Waals surface area (Å²) in [7, 11) is 0. The number of carbonyl (C=O) groups is 1. The highest BCUT2D eigenvalue weighted by Gasteiger charge is 2.12. The predicted octanol–water partition coefficient (Wildman–Crippen LogP) is 0.280. The molecule has 0 aliphatic rings. The van der Waals surface area contributed by atoms with Crippen molar-refractivity contribution >= 4 is 11.7 Å². The minimum Gasteiger partial charge on any atom is -0.441 e. The Bertz CT molecular complexity index is 526. The van der Waals surface area contributed by atoms with Gasteiger partial charge in [-0.3, -0.25) is 4.79 Å². The van der Waals surface area contributed by atoms with Crippen LogP contribution in [0.3, 0.4) is 0 Å². The summed E-state index contributed by atoms with van der Waals surface area (Å²) in [5.74, 6) is -0.115. The molecule has 0 spiro atoms. The number of hydrogen-bond acceptors (Lipinski definition) is 6. The summed E-state index contributed by atoms with van der Waals surface area (Å²) in [6.07, 6.45) is 2.71. The van der Waals surface area contributed by atoms with E-state index in [0.717, 1.165) is 0 Å². The van der Waals surface area contributed by atoms with E-state index in [2.05, 4.69) is 15.3 Å². The van der Waals surface area contributed by atoms with Crippen LogP contribution in [0.2, 0.25) is 0 Å². The van der Waals surface area contributed by atoms with Gasteiger partial charge in [-0.05, 0) is 12.1 Å². The third kappa shape index (κ3) is 2.70. The predicted molar refractivity (Wildman–Crippen MR) is 64.7 cm³/mol. The van der Waals surface area contributed by atoms with Gasteiger partial charge in [-0.1, -0.05) is 6.07 Å². The molecule has 1 atom stereocenters. The van der Waals surface area contributed by atoms with Crippen LogP contribution in [0.1, 0.15) is 22.4 Å². The summed E-state index contributed by atoms with van der Waals surface area (Å²) in [6, 6.07) is 4.78. The molecular weight excluding hydrogens is 234 g/mol. The van der Waals surface area contributed by atoms with E-state index in [1.807, 2.05) is 0 Å². The molecule has 0 radical (unpaired) electrons. The first-order valence-electron chi connectivity index (χ1n) is 5.34. The first-order chi connectivity index (χ1) is 8.70. The Labute approximate surface area is 103 Å². The van der Waals surface area contributed by atoms with Crippen molar-refractivity contribution in [2.24, 2.45) is 11.5 Å². The molecule has 0 saturated heterocycles. The van der Waals surface area contributed by atoms with Gasteiger partial charge >= 0.3 is 5.91 Å². The molecule has 2 rings (SSSR count). The van der Waals surface area contributed by atoms with E-state index < -0.39 is 5.91 Å². The van der Waals surface area contributed by atoms with Crippen LogP contribution in [0.15, 0.2) is 35.1 Å².